The number of nitrogens with one attached hydrogen (secondary N) is 1. The highest BCUT2D eigenvalue weighted by molar-refractivity contribution is 7.99. The third-order valence-corrected chi connectivity index (χ3v) is 6.97. The normalized spacial score (nSPS) is 14.1. The summed E-state index contributed by atoms with van der Waals surface area (Å²) < 4.78 is 15.7. The Bertz CT molecular complexity index is 1380. The summed E-state index contributed by atoms with van der Waals surface area (Å²) >= 11 is 1.30. The predicted octanol–water partition coefficient (Wildman–Crippen LogP) is 3.30. The Labute approximate surface area is 224 Å². The molecule has 38 heavy (non-hydrogen) atoms. The smallest absolute Gasteiger partial charge is 0.232 e. The number of hydrogen-bond donors (Lipinski definition) is 2. The van der Waals surface area contributed by atoms with Crippen molar-refractivity contribution in [3.8, 4) is 0 Å². The van der Waals surface area contributed by atoms with Crippen LogP contribution in [0.3, 0.4) is 0 Å². The van der Waals surface area contributed by atoms with Gasteiger partial charge >= 0.3 is 0 Å². The monoisotopic (exact) mass is 536 g/mol. The van der Waals surface area contributed by atoms with Crippen LogP contribution >= 0.6 is 11.8 Å². The third kappa shape index (κ3) is 6.17. The van der Waals surface area contributed by atoms with E-state index in [2.05, 4.69) is 45.1 Å². The Kier molecular flexibility index (Phi) is 7.38. The summed E-state index contributed by atoms with van der Waals surface area (Å²) in [5.41, 5.74) is 0.774. The van der Waals surface area contributed by atoms with Gasteiger partial charge in [0.2, 0.25) is 17.8 Å². The molecule has 4 heterocycles. The summed E-state index contributed by atoms with van der Waals surface area (Å²) in [7, 11) is 0. The number of benzene rings is 1. The zero-order valence-electron chi connectivity index (χ0n) is 21.4. The Morgan fingerprint density at radius 3 is 2.34 bits per heavy atom. The Hall–Kier alpha value is -3.84. The van der Waals surface area contributed by atoms with Crippen molar-refractivity contribution in [2.75, 3.05) is 41.3 Å². The van der Waals surface area contributed by atoms with Gasteiger partial charge in [0.25, 0.3) is 0 Å². The molecular weight excluding hydrogens is 507 g/mol. The molecule has 11 nitrogen and oxygen atoms in total. The molecule has 1 aromatic carbocycles. The topological polar surface area (TPSA) is 121 Å². The quantitative estimate of drug-likeness (QED) is 0.345. The van der Waals surface area contributed by atoms with Crippen molar-refractivity contribution in [3.63, 3.8) is 0 Å². The molecule has 1 aliphatic rings. The number of rotatable bonds is 8. The lowest BCUT2D eigenvalue weighted by Crippen LogP contribution is -2.47. The van der Waals surface area contributed by atoms with Gasteiger partial charge in [-0.05, 0) is 32.9 Å². The number of piperazine rings is 1. The van der Waals surface area contributed by atoms with E-state index in [-0.39, 0.29) is 5.82 Å². The second-order valence-corrected chi connectivity index (χ2v) is 10.7. The van der Waals surface area contributed by atoms with Gasteiger partial charge in [-0.3, -0.25) is 4.68 Å². The molecule has 13 heteroatoms. The average molecular weight is 537 g/mol. The van der Waals surface area contributed by atoms with Gasteiger partial charge in [-0.15, -0.1) is 0 Å². The fourth-order valence-electron chi connectivity index (χ4n) is 4.00. The first-order valence-corrected chi connectivity index (χ1v) is 13.0. The number of aliphatic hydroxyl groups is 1. The minimum atomic E-state index is -0.871. The molecule has 1 fully saturated rings. The average Bonchev–Trinajstić information content (AvgIpc) is 3.23. The van der Waals surface area contributed by atoms with Crippen LogP contribution < -0.4 is 15.1 Å². The van der Waals surface area contributed by atoms with Gasteiger partial charge in [-0.25, -0.2) is 24.3 Å². The molecular formula is C25H29FN10OS. The lowest BCUT2D eigenvalue weighted by atomic mass is 10.1. The van der Waals surface area contributed by atoms with Crippen molar-refractivity contribution in [2.45, 2.75) is 42.7 Å². The summed E-state index contributed by atoms with van der Waals surface area (Å²) in [6.07, 6.45) is 6.63. The molecule has 1 aliphatic heterocycles. The Morgan fingerprint density at radius 2 is 1.66 bits per heavy atom. The second-order valence-electron chi connectivity index (χ2n) is 9.57. The van der Waals surface area contributed by atoms with E-state index >= 15 is 0 Å². The number of anilines is 4. The SMILES string of the molecule is Cc1c(Nc2ncnc(N3CCN(c4ncc(Sc5ccccc5F)cn4)CC3)n2)cnn1CC(C)(C)O. The summed E-state index contributed by atoms with van der Waals surface area (Å²) in [5.74, 6) is 1.39. The number of halogens is 1. The van der Waals surface area contributed by atoms with Crippen LogP contribution in [-0.2, 0) is 6.54 Å². The van der Waals surface area contributed by atoms with E-state index in [1.807, 2.05) is 6.92 Å². The van der Waals surface area contributed by atoms with Gasteiger partial charge in [0.1, 0.15) is 12.1 Å². The number of hydrogen-bond acceptors (Lipinski definition) is 11. The Balaban J connectivity index is 1.18. The molecule has 198 valence electrons. The zero-order chi connectivity index (χ0) is 26.7. The van der Waals surface area contributed by atoms with Crippen LogP contribution in [0.5, 0.6) is 0 Å². The third-order valence-electron chi connectivity index (χ3n) is 5.97. The standard InChI is InChI=1S/C25H29FN10OS/c1-17-20(14-31-36(17)15-25(2,3)37)32-22-29-16-30-24(33-22)35-10-8-34(9-11-35)23-27-12-18(13-28-23)38-21-7-5-4-6-19(21)26/h4-7,12-14,16,37H,8-11,15H2,1-3H3,(H,29,30,32,33). The molecule has 1 saturated heterocycles. The molecule has 5 rings (SSSR count). The first-order chi connectivity index (χ1) is 18.2. The van der Waals surface area contributed by atoms with E-state index in [1.165, 1.54) is 24.2 Å². The van der Waals surface area contributed by atoms with Gasteiger partial charge in [0.15, 0.2) is 0 Å². The molecule has 3 aromatic heterocycles. The van der Waals surface area contributed by atoms with Crippen LogP contribution in [0.25, 0.3) is 0 Å². The van der Waals surface area contributed by atoms with Crippen LogP contribution in [0.4, 0.5) is 27.9 Å². The highest BCUT2D eigenvalue weighted by atomic mass is 32.2. The van der Waals surface area contributed by atoms with Gasteiger partial charge in [0, 0.05) is 48.4 Å². The first kappa shape index (κ1) is 25.8. The van der Waals surface area contributed by atoms with E-state index in [0.29, 0.717) is 55.5 Å². The molecule has 0 spiro atoms. The van der Waals surface area contributed by atoms with Gasteiger partial charge in [-0.2, -0.15) is 10.1 Å². The second kappa shape index (κ2) is 10.9. The molecule has 4 aromatic rings. The largest absolute Gasteiger partial charge is 0.389 e. The van der Waals surface area contributed by atoms with E-state index in [9.17, 15) is 9.50 Å². The van der Waals surface area contributed by atoms with Crippen LogP contribution in [0, 0.1) is 12.7 Å². The molecule has 0 aliphatic carbocycles. The number of aromatic nitrogens is 7. The lowest BCUT2D eigenvalue weighted by molar-refractivity contribution is 0.0571. The van der Waals surface area contributed by atoms with E-state index < -0.39 is 5.60 Å². The number of nitrogens with zero attached hydrogens (tertiary/aromatic N) is 9. The molecule has 0 bridgehead atoms. The van der Waals surface area contributed by atoms with Crippen LogP contribution in [0.1, 0.15) is 19.5 Å². The van der Waals surface area contributed by atoms with E-state index in [0.717, 1.165) is 16.3 Å². The van der Waals surface area contributed by atoms with Crippen molar-refractivity contribution >= 4 is 35.3 Å². The van der Waals surface area contributed by atoms with Crippen molar-refractivity contribution < 1.29 is 9.50 Å². The van der Waals surface area contributed by atoms with Crippen LogP contribution in [-0.4, -0.2) is 71.6 Å². The molecule has 2 N–H and O–H groups in total. The summed E-state index contributed by atoms with van der Waals surface area (Å²) in [6.45, 7) is 8.59. The van der Waals surface area contributed by atoms with Gasteiger partial charge in [0.05, 0.1) is 29.7 Å². The minimum absolute atomic E-state index is 0.259. The Morgan fingerprint density at radius 1 is 0.974 bits per heavy atom. The van der Waals surface area contributed by atoms with Gasteiger partial charge < -0.3 is 20.2 Å². The zero-order valence-corrected chi connectivity index (χ0v) is 22.2. The molecule has 0 saturated carbocycles. The van der Waals surface area contributed by atoms with Crippen molar-refractivity contribution in [1.82, 2.24) is 34.7 Å². The van der Waals surface area contributed by atoms with Crippen molar-refractivity contribution in [3.05, 3.63) is 60.7 Å². The minimum Gasteiger partial charge on any atom is -0.389 e. The first-order valence-electron chi connectivity index (χ1n) is 12.2. The van der Waals surface area contributed by atoms with Gasteiger partial charge in [-0.1, -0.05) is 23.9 Å². The van der Waals surface area contributed by atoms with E-state index in [4.69, 9.17) is 0 Å². The fraction of sp³-hybridized carbons (Fsp3) is 0.360. The fourth-order valence-corrected chi connectivity index (χ4v) is 4.78. The van der Waals surface area contributed by atoms with Crippen molar-refractivity contribution in [2.24, 2.45) is 0 Å². The molecule has 0 atom stereocenters. The van der Waals surface area contributed by atoms with E-state index in [1.54, 1.807) is 55.3 Å². The van der Waals surface area contributed by atoms with Crippen LogP contribution in [0.15, 0.2) is 59.0 Å². The highest BCUT2D eigenvalue weighted by Crippen LogP contribution is 2.29. The summed E-state index contributed by atoms with van der Waals surface area (Å²) in [5, 5.41) is 17.7. The maximum atomic E-state index is 13.9. The molecule has 0 amide bonds. The lowest BCUT2D eigenvalue weighted by Gasteiger charge is -2.34. The van der Waals surface area contributed by atoms with Crippen molar-refractivity contribution in [1.29, 1.82) is 0 Å². The maximum Gasteiger partial charge on any atom is 0.232 e. The molecule has 0 unspecified atom stereocenters. The molecule has 0 radical (unpaired) electrons. The van der Waals surface area contributed by atoms with Crippen LogP contribution in [0.2, 0.25) is 0 Å². The highest BCUT2D eigenvalue weighted by Gasteiger charge is 2.22. The maximum absolute atomic E-state index is 13.9. The summed E-state index contributed by atoms with van der Waals surface area (Å²) in [6, 6.07) is 6.66. The predicted molar refractivity (Wildman–Crippen MR) is 143 cm³/mol. The summed E-state index contributed by atoms with van der Waals surface area (Å²) in [4.78, 5) is 27.7.